The summed E-state index contributed by atoms with van der Waals surface area (Å²) in [4.78, 5) is 3.46. The Morgan fingerprint density at radius 2 is 1.67 bits per heavy atom. The van der Waals surface area contributed by atoms with Crippen molar-refractivity contribution in [3.8, 4) is 11.1 Å². The SMILES string of the molecule is CC(C)(C)c1ccc(S(=O)(=O)Nc2ccc3[nH]cc(-c4cccc(Cl)c4)c3c2)cc1. The van der Waals surface area contributed by atoms with Gasteiger partial charge in [-0.15, -0.1) is 0 Å². The van der Waals surface area contributed by atoms with E-state index in [1.54, 1.807) is 18.2 Å². The van der Waals surface area contributed by atoms with Gasteiger partial charge in [-0.1, -0.05) is 56.6 Å². The number of benzene rings is 3. The van der Waals surface area contributed by atoms with Gasteiger partial charge in [-0.2, -0.15) is 0 Å². The number of aromatic nitrogens is 1. The molecule has 1 aromatic heterocycles. The summed E-state index contributed by atoms with van der Waals surface area (Å²) in [5.74, 6) is 0. The van der Waals surface area contributed by atoms with Crippen molar-refractivity contribution < 1.29 is 8.42 Å². The Morgan fingerprint density at radius 3 is 2.33 bits per heavy atom. The van der Waals surface area contributed by atoms with Crippen molar-refractivity contribution in [2.45, 2.75) is 31.1 Å². The highest BCUT2D eigenvalue weighted by atomic mass is 35.5. The van der Waals surface area contributed by atoms with E-state index in [9.17, 15) is 8.42 Å². The number of H-pyrrole nitrogens is 1. The smallest absolute Gasteiger partial charge is 0.261 e. The lowest BCUT2D eigenvalue weighted by Gasteiger charge is -2.19. The maximum atomic E-state index is 12.9. The van der Waals surface area contributed by atoms with Gasteiger partial charge in [0.25, 0.3) is 10.0 Å². The number of nitrogens with one attached hydrogen (secondary N) is 2. The highest BCUT2D eigenvalue weighted by molar-refractivity contribution is 7.92. The van der Waals surface area contributed by atoms with Gasteiger partial charge >= 0.3 is 0 Å². The van der Waals surface area contributed by atoms with Crippen LogP contribution in [0.3, 0.4) is 0 Å². The number of halogens is 1. The third-order valence-electron chi connectivity index (χ3n) is 5.10. The summed E-state index contributed by atoms with van der Waals surface area (Å²) in [6.45, 7) is 6.29. The Morgan fingerprint density at radius 1 is 0.933 bits per heavy atom. The van der Waals surface area contributed by atoms with Gasteiger partial charge in [-0.05, 0) is 59.0 Å². The first-order valence-electron chi connectivity index (χ1n) is 9.64. The molecule has 4 nitrogen and oxygen atoms in total. The van der Waals surface area contributed by atoms with E-state index in [-0.39, 0.29) is 10.3 Å². The molecule has 0 aliphatic rings. The highest BCUT2D eigenvalue weighted by Gasteiger charge is 2.18. The van der Waals surface area contributed by atoms with Gasteiger partial charge in [0.15, 0.2) is 0 Å². The molecule has 0 unspecified atom stereocenters. The summed E-state index contributed by atoms with van der Waals surface area (Å²) in [6.07, 6.45) is 1.90. The van der Waals surface area contributed by atoms with Gasteiger partial charge in [0.2, 0.25) is 0 Å². The van der Waals surface area contributed by atoms with Crippen LogP contribution in [-0.2, 0) is 15.4 Å². The zero-order valence-corrected chi connectivity index (χ0v) is 18.6. The van der Waals surface area contributed by atoms with Crippen LogP contribution in [0.5, 0.6) is 0 Å². The van der Waals surface area contributed by atoms with E-state index >= 15 is 0 Å². The normalized spacial score (nSPS) is 12.3. The second-order valence-electron chi connectivity index (χ2n) is 8.35. The Hall–Kier alpha value is -2.76. The molecule has 0 atom stereocenters. The Bertz CT molecular complexity index is 1320. The van der Waals surface area contributed by atoms with E-state index in [1.165, 1.54) is 0 Å². The molecule has 0 radical (unpaired) electrons. The predicted molar refractivity (Wildman–Crippen MR) is 125 cm³/mol. The second-order valence-corrected chi connectivity index (χ2v) is 10.5. The second kappa shape index (κ2) is 7.49. The summed E-state index contributed by atoms with van der Waals surface area (Å²) in [7, 11) is -3.69. The van der Waals surface area contributed by atoms with Crippen molar-refractivity contribution in [2.75, 3.05) is 4.72 Å². The average Bonchev–Trinajstić information content (AvgIpc) is 3.10. The first-order chi connectivity index (χ1) is 14.1. The van der Waals surface area contributed by atoms with Gasteiger partial charge in [-0.25, -0.2) is 8.42 Å². The molecule has 6 heteroatoms. The zero-order valence-electron chi connectivity index (χ0n) is 17.0. The fraction of sp³-hybridized carbons (Fsp3) is 0.167. The summed E-state index contributed by atoms with van der Waals surface area (Å²) < 4.78 is 28.5. The molecule has 0 bridgehead atoms. The third-order valence-corrected chi connectivity index (χ3v) is 6.73. The lowest BCUT2D eigenvalue weighted by molar-refractivity contribution is 0.587. The van der Waals surface area contributed by atoms with E-state index in [1.807, 2.05) is 54.7 Å². The number of sulfonamides is 1. The van der Waals surface area contributed by atoms with Gasteiger partial charge in [0.1, 0.15) is 0 Å². The molecule has 30 heavy (non-hydrogen) atoms. The van der Waals surface area contributed by atoms with E-state index in [4.69, 9.17) is 11.6 Å². The van der Waals surface area contributed by atoms with Crippen LogP contribution < -0.4 is 4.72 Å². The molecule has 2 N–H and O–H groups in total. The Kier molecular flexibility index (Phi) is 5.12. The van der Waals surface area contributed by atoms with Crippen molar-refractivity contribution >= 4 is 38.2 Å². The fourth-order valence-corrected chi connectivity index (χ4v) is 4.67. The molecule has 3 aromatic carbocycles. The van der Waals surface area contributed by atoms with Crippen LogP contribution in [0.2, 0.25) is 5.02 Å². The largest absolute Gasteiger partial charge is 0.361 e. The highest BCUT2D eigenvalue weighted by Crippen LogP contribution is 2.32. The van der Waals surface area contributed by atoms with Crippen molar-refractivity contribution in [3.05, 3.63) is 83.5 Å². The van der Waals surface area contributed by atoms with Crippen LogP contribution in [0.25, 0.3) is 22.0 Å². The minimum absolute atomic E-state index is 0.0359. The molecule has 0 amide bonds. The molecule has 0 aliphatic heterocycles. The predicted octanol–water partition coefficient (Wildman–Crippen LogP) is 6.59. The molecular formula is C24H23ClN2O2S. The fourth-order valence-electron chi connectivity index (χ4n) is 3.43. The van der Waals surface area contributed by atoms with Crippen molar-refractivity contribution in [1.82, 2.24) is 4.98 Å². The van der Waals surface area contributed by atoms with Crippen molar-refractivity contribution in [1.29, 1.82) is 0 Å². The van der Waals surface area contributed by atoms with Crippen LogP contribution in [-0.4, -0.2) is 13.4 Å². The third kappa shape index (κ3) is 4.09. The standard InChI is InChI=1S/C24H23ClN2O2S/c1-24(2,3)17-7-10-20(11-8-17)30(28,29)27-19-9-12-23-21(14-19)22(15-26-23)16-5-4-6-18(25)13-16/h4-15,26-27H,1-3H3. The number of hydrogen-bond donors (Lipinski definition) is 2. The maximum absolute atomic E-state index is 12.9. The molecule has 0 saturated heterocycles. The number of anilines is 1. The number of rotatable bonds is 4. The van der Waals surface area contributed by atoms with E-state index in [2.05, 4.69) is 30.5 Å². The molecule has 0 fully saturated rings. The number of fused-ring (bicyclic) bond motifs is 1. The molecule has 1 heterocycles. The molecule has 0 aliphatic carbocycles. The van der Waals surface area contributed by atoms with E-state index < -0.39 is 10.0 Å². The van der Waals surface area contributed by atoms with Crippen LogP contribution in [0.4, 0.5) is 5.69 Å². The van der Waals surface area contributed by atoms with Crippen molar-refractivity contribution in [3.63, 3.8) is 0 Å². The van der Waals surface area contributed by atoms with Gasteiger partial charge < -0.3 is 4.98 Å². The topological polar surface area (TPSA) is 62.0 Å². The monoisotopic (exact) mass is 438 g/mol. The minimum Gasteiger partial charge on any atom is -0.361 e. The molecule has 154 valence electrons. The average molecular weight is 439 g/mol. The molecule has 0 saturated carbocycles. The van der Waals surface area contributed by atoms with Gasteiger partial charge in [-0.3, -0.25) is 4.72 Å². The zero-order chi connectivity index (χ0) is 21.5. The molecular weight excluding hydrogens is 416 g/mol. The Labute approximate surface area is 182 Å². The minimum atomic E-state index is -3.69. The maximum Gasteiger partial charge on any atom is 0.261 e. The van der Waals surface area contributed by atoms with Crippen LogP contribution in [0.15, 0.2) is 77.8 Å². The lowest BCUT2D eigenvalue weighted by atomic mass is 9.87. The van der Waals surface area contributed by atoms with E-state index in [0.717, 1.165) is 27.6 Å². The number of hydrogen-bond acceptors (Lipinski definition) is 2. The lowest BCUT2D eigenvalue weighted by Crippen LogP contribution is -2.14. The molecule has 0 spiro atoms. The van der Waals surface area contributed by atoms with Gasteiger partial charge in [0.05, 0.1) is 4.90 Å². The van der Waals surface area contributed by atoms with Crippen molar-refractivity contribution in [2.24, 2.45) is 0 Å². The van der Waals surface area contributed by atoms with E-state index in [0.29, 0.717) is 10.7 Å². The number of aromatic amines is 1. The van der Waals surface area contributed by atoms with Crippen LogP contribution >= 0.6 is 11.6 Å². The van der Waals surface area contributed by atoms with Crippen LogP contribution in [0.1, 0.15) is 26.3 Å². The summed E-state index contributed by atoms with van der Waals surface area (Å²) in [5.41, 5.74) is 4.40. The summed E-state index contributed by atoms with van der Waals surface area (Å²) in [5, 5.41) is 1.57. The molecule has 4 aromatic rings. The molecule has 4 rings (SSSR count). The summed E-state index contributed by atoms with van der Waals surface area (Å²) >= 11 is 6.14. The summed E-state index contributed by atoms with van der Waals surface area (Å²) in [6, 6.07) is 20.1. The van der Waals surface area contributed by atoms with Crippen LogP contribution in [0, 0.1) is 0 Å². The van der Waals surface area contributed by atoms with Gasteiger partial charge in [0, 0.05) is 33.4 Å². The Balaban J connectivity index is 1.67. The first kappa shape index (κ1) is 20.5. The first-order valence-corrected chi connectivity index (χ1v) is 11.5. The quantitative estimate of drug-likeness (QED) is 0.377.